The van der Waals surface area contributed by atoms with Gasteiger partial charge in [-0.05, 0) is 90.6 Å². The van der Waals surface area contributed by atoms with Gasteiger partial charge in [-0.25, -0.2) is 18.7 Å². The molecule has 0 aromatic carbocycles. The molecule has 0 bridgehead atoms. The summed E-state index contributed by atoms with van der Waals surface area (Å²) in [6.45, 7) is 11.6. The molecule has 0 spiro atoms. The van der Waals surface area contributed by atoms with Crippen LogP contribution >= 0.6 is 0 Å². The number of pyridine rings is 2. The van der Waals surface area contributed by atoms with Gasteiger partial charge in [-0.1, -0.05) is 0 Å². The molecule has 5 heterocycles. The molecule has 2 atom stereocenters. The van der Waals surface area contributed by atoms with E-state index in [1.165, 1.54) is 9.80 Å². The van der Waals surface area contributed by atoms with Crippen LogP contribution in [-0.2, 0) is 12.1 Å². The molecule has 11 heteroatoms. The number of likely N-dealkylation sites (tertiary alicyclic amines) is 1. The lowest BCUT2D eigenvalue weighted by atomic mass is 9.96. The number of carbonyl (C=O) groups excluding carboxylic acids is 1. The van der Waals surface area contributed by atoms with Gasteiger partial charge in [0, 0.05) is 42.2 Å². The van der Waals surface area contributed by atoms with E-state index in [2.05, 4.69) is 10.6 Å². The Kier molecular flexibility index (Phi) is 7.22. The largest absolute Gasteiger partial charge is 0.465 e. The van der Waals surface area contributed by atoms with E-state index in [1.807, 2.05) is 25.1 Å². The van der Waals surface area contributed by atoms with Crippen LogP contribution in [0, 0.1) is 12.8 Å². The number of alkyl halides is 1. The van der Waals surface area contributed by atoms with Crippen LogP contribution in [0.5, 0.6) is 0 Å². The summed E-state index contributed by atoms with van der Waals surface area (Å²) < 4.78 is 18.8. The summed E-state index contributed by atoms with van der Waals surface area (Å²) in [5, 5.41) is 26.4. The molecular formula is C33H41FN6O4. The first-order valence-corrected chi connectivity index (χ1v) is 15.3. The van der Waals surface area contributed by atoms with E-state index in [-0.39, 0.29) is 25.4 Å². The Morgan fingerprint density at radius 3 is 2.45 bits per heavy atom. The fourth-order valence-electron chi connectivity index (χ4n) is 6.49. The predicted molar refractivity (Wildman–Crippen MR) is 165 cm³/mol. The first-order chi connectivity index (χ1) is 20.6. The maximum atomic E-state index is 14.9. The minimum absolute atomic E-state index is 0.0507. The van der Waals surface area contributed by atoms with Crippen molar-refractivity contribution in [3.63, 3.8) is 0 Å². The minimum Gasteiger partial charge on any atom is -0.465 e. The molecule has 10 nitrogen and oxygen atoms in total. The molecule has 4 aromatic heterocycles. The summed E-state index contributed by atoms with van der Waals surface area (Å²) in [6.07, 6.45) is 1.59. The van der Waals surface area contributed by atoms with Crippen molar-refractivity contribution >= 4 is 28.6 Å². The third kappa shape index (κ3) is 5.53. The van der Waals surface area contributed by atoms with Crippen molar-refractivity contribution in [3.8, 4) is 11.4 Å². The number of fused-ring (bicyclic) bond motifs is 2. The molecular weight excluding hydrogens is 563 g/mol. The van der Waals surface area contributed by atoms with E-state index >= 15 is 0 Å². The Balaban J connectivity index is 1.35. The standard InChI is InChI=1S/C33H41FN6O4/c1-19-25-11-9-22(30(41)37-17-23(34)14-24(18-37)40(31(42)43)32(2,3)4)16-39(25)36-28(19)26-13-21-10-12-27(33(5,6)44)35-29(21)38(26)15-20-7-8-20/h9-13,16,20,23-24,44H,7-8,14-15,17-18H2,1-6H3,(H,42,43)/t23-,24-/m1/s1. The molecule has 1 saturated heterocycles. The van der Waals surface area contributed by atoms with Crippen LogP contribution < -0.4 is 0 Å². The van der Waals surface area contributed by atoms with Gasteiger partial charge in [-0.2, -0.15) is 5.10 Å². The normalized spacial score (nSPS) is 19.6. The Hall–Kier alpha value is -3.99. The average molecular weight is 605 g/mol. The van der Waals surface area contributed by atoms with E-state index in [1.54, 1.807) is 51.4 Å². The number of carbonyl (C=O) groups is 2. The molecule has 234 valence electrons. The molecule has 2 N–H and O–H groups in total. The van der Waals surface area contributed by atoms with Crippen molar-refractivity contribution in [3.05, 3.63) is 53.3 Å². The van der Waals surface area contributed by atoms with Gasteiger partial charge < -0.3 is 19.7 Å². The zero-order valence-electron chi connectivity index (χ0n) is 26.2. The van der Waals surface area contributed by atoms with Gasteiger partial charge in [0.05, 0.1) is 35.1 Å². The zero-order chi connectivity index (χ0) is 31.7. The lowest BCUT2D eigenvalue weighted by molar-refractivity contribution is 0.0125. The lowest BCUT2D eigenvalue weighted by Gasteiger charge is -2.45. The number of halogens is 1. The molecule has 6 rings (SSSR count). The Morgan fingerprint density at radius 1 is 1.09 bits per heavy atom. The van der Waals surface area contributed by atoms with Crippen molar-refractivity contribution in [1.82, 2.24) is 29.0 Å². The third-order valence-electron chi connectivity index (χ3n) is 8.83. The van der Waals surface area contributed by atoms with Crippen molar-refractivity contribution in [2.45, 2.75) is 90.7 Å². The first-order valence-electron chi connectivity index (χ1n) is 15.3. The van der Waals surface area contributed by atoms with Gasteiger partial charge in [-0.15, -0.1) is 0 Å². The summed E-state index contributed by atoms with van der Waals surface area (Å²) in [6, 6.07) is 8.85. The number of aliphatic hydroxyl groups is 1. The van der Waals surface area contributed by atoms with Crippen LogP contribution in [0.2, 0.25) is 0 Å². The van der Waals surface area contributed by atoms with Gasteiger partial charge in [0.15, 0.2) is 0 Å². The van der Waals surface area contributed by atoms with Gasteiger partial charge in [0.2, 0.25) is 0 Å². The number of nitrogens with zero attached hydrogens (tertiary/aromatic N) is 6. The molecule has 0 unspecified atom stereocenters. The van der Waals surface area contributed by atoms with Crippen LogP contribution in [0.1, 0.15) is 75.5 Å². The summed E-state index contributed by atoms with van der Waals surface area (Å²) in [5.41, 5.74) is 3.46. The van der Waals surface area contributed by atoms with Crippen LogP contribution in [-0.4, -0.2) is 82.0 Å². The van der Waals surface area contributed by atoms with Crippen LogP contribution in [0.25, 0.3) is 27.9 Å². The fraction of sp³-hybridized carbons (Fsp3) is 0.515. The second-order valence-corrected chi connectivity index (χ2v) is 14.0. The van der Waals surface area contributed by atoms with Gasteiger partial charge in [0.1, 0.15) is 23.1 Å². The van der Waals surface area contributed by atoms with E-state index in [0.717, 1.165) is 52.9 Å². The highest BCUT2D eigenvalue weighted by Gasteiger charge is 2.40. The zero-order valence-corrected chi connectivity index (χ0v) is 26.2. The second-order valence-electron chi connectivity index (χ2n) is 14.0. The number of amides is 2. The molecule has 44 heavy (non-hydrogen) atoms. The Morgan fingerprint density at radius 2 is 1.82 bits per heavy atom. The predicted octanol–water partition coefficient (Wildman–Crippen LogP) is 5.63. The van der Waals surface area contributed by atoms with Crippen molar-refractivity contribution in [2.24, 2.45) is 5.92 Å². The molecule has 1 aliphatic carbocycles. The van der Waals surface area contributed by atoms with Crippen LogP contribution in [0.4, 0.5) is 9.18 Å². The van der Waals surface area contributed by atoms with Crippen molar-refractivity contribution in [2.75, 3.05) is 13.1 Å². The van der Waals surface area contributed by atoms with E-state index in [4.69, 9.17) is 10.1 Å². The number of piperidine rings is 1. The fourth-order valence-corrected chi connectivity index (χ4v) is 6.49. The number of hydrogen-bond donors (Lipinski definition) is 2. The van der Waals surface area contributed by atoms with Crippen molar-refractivity contribution < 1.29 is 24.2 Å². The average Bonchev–Trinajstić information content (AvgIpc) is 3.60. The maximum absolute atomic E-state index is 14.9. The number of rotatable bonds is 6. The summed E-state index contributed by atoms with van der Waals surface area (Å²) in [4.78, 5) is 33.3. The molecule has 2 amide bonds. The topological polar surface area (TPSA) is 116 Å². The van der Waals surface area contributed by atoms with E-state index < -0.39 is 29.4 Å². The van der Waals surface area contributed by atoms with Crippen molar-refractivity contribution in [1.29, 1.82) is 0 Å². The summed E-state index contributed by atoms with van der Waals surface area (Å²) in [7, 11) is 0. The highest BCUT2D eigenvalue weighted by molar-refractivity contribution is 5.95. The van der Waals surface area contributed by atoms with Crippen LogP contribution in [0.3, 0.4) is 0 Å². The first kappa shape index (κ1) is 30.1. The van der Waals surface area contributed by atoms with Gasteiger partial charge in [-0.3, -0.25) is 9.69 Å². The minimum atomic E-state index is -1.33. The number of carboxylic acid groups (broad SMARTS) is 1. The number of aromatic nitrogens is 4. The maximum Gasteiger partial charge on any atom is 0.408 e. The van der Waals surface area contributed by atoms with E-state index in [9.17, 15) is 24.2 Å². The Labute approximate surface area is 256 Å². The quantitative estimate of drug-likeness (QED) is 0.295. The summed E-state index contributed by atoms with van der Waals surface area (Å²) >= 11 is 0. The monoisotopic (exact) mass is 604 g/mol. The molecule has 1 saturated carbocycles. The highest BCUT2D eigenvalue weighted by atomic mass is 19.1. The highest BCUT2D eigenvalue weighted by Crippen LogP contribution is 2.37. The lowest BCUT2D eigenvalue weighted by Crippen LogP contribution is -2.59. The summed E-state index contributed by atoms with van der Waals surface area (Å²) in [5.74, 6) is 0.209. The van der Waals surface area contributed by atoms with Gasteiger partial charge in [0.25, 0.3) is 5.91 Å². The smallest absolute Gasteiger partial charge is 0.408 e. The van der Waals surface area contributed by atoms with E-state index in [0.29, 0.717) is 17.2 Å². The molecule has 2 aliphatic rings. The number of hydrogen-bond acceptors (Lipinski definition) is 5. The van der Waals surface area contributed by atoms with Crippen LogP contribution in [0.15, 0.2) is 36.5 Å². The Bertz CT molecular complexity index is 1760. The molecule has 2 fully saturated rings. The second kappa shape index (κ2) is 10.6. The molecule has 1 aliphatic heterocycles. The van der Waals surface area contributed by atoms with Gasteiger partial charge >= 0.3 is 6.09 Å². The number of aryl methyl sites for hydroxylation is 1. The SMILES string of the molecule is Cc1c(-c2cc3ccc(C(C)(C)O)nc3n2CC2CC2)nn2cc(C(=O)N3C[C@H](F)C[C@@H](N(C(=O)O)C(C)(C)C)C3)ccc12. The molecule has 4 aromatic rings. The molecule has 0 radical (unpaired) electrons. The third-order valence-corrected chi connectivity index (χ3v) is 8.83.